The third kappa shape index (κ3) is 6.47. The maximum Gasteiger partial charge on any atom is 0.263 e. The van der Waals surface area contributed by atoms with Crippen LogP contribution >= 0.6 is 11.6 Å². The zero-order valence-corrected chi connectivity index (χ0v) is 17.0. The number of rotatable bonds is 11. The van der Waals surface area contributed by atoms with Crippen LogP contribution in [0.3, 0.4) is 0 Å². The minimum Gasteiger partial charge on any atom is -0.371 e. The summed E-state index contributed by atoms with van der Waals surface area (Å²) in [4.78, 5) is 13.3. The molecule has 5 heteroatoms. The van der Waals surface area contributed by atoms with E-state index < -0.39 is 5.54 Å². The zero-order chi connectivity index (χ0) is 19.5. The summed E-state index contributed by atoms with van der Waals surface area (Å²) in [6.45, 7) is 4.29. The van der Waals surface area contributed by atoms with Crippen molar-refractivity contribution in [2.24, 2.45) is 0 Å². The number of halogens is 1. The Morgan fingerprint density at radius 1 is 0.889 bits per heavy atom. The smallest absolute Gasteiger partial charge is 0.263 e. The minimum absolute atomic E-state index is 0.0387. The first kappa shape index (κ1) is 21.1. The van der Waals surface area contributed by atoms with Crippen LogP contribution < -0.4 is 16.2 Å². The minimum atomic E-state index is -0.665. The Balaban J connectivity index is 2.20. The monoisotopic (exact) mass is 387 g/mol. The lowest BCUT2D eigenvalue weighted by Gasteiger charge is -2.35. The molecular weight excluding hydrogens is 358 g/mol. The molecule has 146 valence electrons. The van der Waals surface area contributed by atoms with Crippen LogP contribution in [0.15, 0.2) is 54.6 Å². The van der Waals surface area contributed by atoms with Crippen LogP contribution in [-0.2, 0) is 4.79 Å². The molecule has 27 heavy (non-hydrogen) atoms. The van der Waals surface area contributed by atoms with Crippen molar-refractivity contribution >= 4 is 28.9 Å². The van der Waals surface area contributed by atoms with Crippen molar-refractivity contribution in [2.75, 3.05) is 10.7 Å². The standard InChI is InChI=1S/C22H30ClN3O/c1-3-5-16-22(17-6-4-2,24-19-14-12-18(23)13-15-19)21(27)26-25-20-10-8-7-9-11-20/h7-15,24-25H,3-6,16-17H2,1-2H3,(H,26,27). The maximum atomic E-state index is 13.3. The van der Waals surface area contributed by atoms with Crippen molar-refractivity contribution in [2.45, 2.75) is 57.9 Å². The van der Waals surface area contributed by atoms with Crippen LogP contribution in [0.2, 0.25) is 5.02 Å². The van der Waals surface area contributed by atoms with E-state index in [-0.39, 0.29) is 5.91 Å². The van der Waals surface area contributed by atoms with Crippen molar-refractivity contribution < 1.29 is 4.79 Å². The predicted molar refractivity (Wildman–Crippen MR) is 115 cm³/mol. The predicted octanol–water partition coefficient (Wildman–Crippen LogP) is 6.01. The van der Waals surface area contributed by atoms with E-state index in [9.17, 15) is 4.79 Å². The highest BCUT2D eigenvalue weighted by molar-refractivity contribution is 6.30. The van der Waals surface area contributed by atoms with Gasteiger partial charge in [0.05, 0.1) is 5.69 Å². The molecule has 0 fully saturated rings. The van der Waals surface area contributed by atoms with Crippen molar-refractivity contribution in [3.8, 4) is 0 Å². The number of amides is 1. The number of hydrogen-bond acceptors (Lipinski definition) is 3. The summed E-state index contributed by atoms with van der Waals surface area (Å²) in [5.41, 5.74) is 7.05. The average molecular weight is 388 g/mol. The first-order valence-corrected chi connectivity index (χ1v) is 10.1. The summed E-state index contributed by atoms with van der Waals surface area (Å²) < 4.78 is 0. The van der Waals surface area contributed by atoms with Crippen molar-refractivity contribution in [3.05, 3.63) is 59.6 Å². The van der Waals surface area contributed by atoms with Crippen LogP contribution in [0, 0.1) is 0 Å². The molecule has 2 aromatic rings. The summed E-state index contributed by atoms with van der Waals surface area (Å²) in [5.74, 6) is -0.0387. The summed E-state index contributed by atoms with van der Waals surface area (Å²) in [6.07, 6.45) is 5.57. The van der Waals surface area contributed by atoms with Crippen LogP contribution in [0.5, 0.6) is 0 Å². The van der Waals surface area contributed by atoms with Gasteiger partial charge in [-0.05, 0) is 49.2 Å². The normalized spacial score (nSPS) is 11.1. The summed E-state index contributed by atoms with van der Waals surface area (Å²) in [5, 5.41) is 4.20. The Kier molecular flexibility index (Phi) is 8.46. The van der Waals surface area contributed by atoms with Gasteiger partial charge in [-0.2, -0.15) is 0 Å². The van der Waals surface area contributed by atoms with E-state index in [1.165, 1.54) is 0 Å². The molecule has 2 rings (SSSR count). The highest BCUT2D eigenvalue weighted by atomic mass is 35.5. The number of benzene rings is 2. The second-order valence-electron chi connectivity index (χ2n) is 6.87. The van der Waals surface area contributed by atoms with E-state index in [1.54, 1.807) is 0 Å². The molecule has 0 spiro atoms. The van der Waals surface area contributed by atoms with Gasteiger partial charge in [0, 0.05) is 10.7 Å². The number of nitrogens with one attached hydrogen (secondary N) is 3. The molecule has 0 aliphatic rings. The molecule has 4 nitrogen and oxygen atoms in total. The fraction of sp³-hybridized carbons (Fsp3) is 0.409. The molecule has 0 bridgehead atoms. The molecule has 1 amide bonds. The fourth-order valence-electron chi connectivity index (χ4n) is 3.07. The molecule has 0 aromatic heterocycles. The molecule has 0 atom stereocenters. The summed E-state index contributed by atoms with van der Waals surface area (Å²) >= 11 is 6.01. The number of anilines is 2. The molecule has 0 saturated heterocycles. The Labute approximate surface area is 167 Å². The van der Waals surface area contributed by atoms with E-state index >= 15 is 0 Å². The second kappa shape index (κ2) is 10.8. The van der Waals surface area contributed by atoms with Gasteiger partial charge >= 0.3 is 0 Å². The maximum absolute atomic E-state index is 13.3. The first-order valence-electron chi connectivity index (χ1n) is 9.75. The number of carbonyl (C=O) groups excluding carboxylic acids is 1. The first-order chi connectivity index (χ1) is 13.1. The van der Waals surface area contributed by atoms with Gasteiger partial charge in [0.2, 0.25) is 0 Å². The van der Waals surface area contributed by atoms with Gasteiger partial charge in [-0.3, -0.25) is 15.6 Å². The molecule has 2 aromatic carbocycles. The molecule has 0 aliphatic heterocycles. The quantitative estimate of drug-likeness (QED) is 0.413. The number of carbonyl (C=O) groups is 1. The molecule has 3 N–H and O–H groups in total. The number of para-hydroxylation sites is 1. The van der Waals surface area contributed by atoms with Gasteiger partial charge in [0.25, 0.3) is 5.91 Å². The topological polar surface area (TPSA) is 53.2 Å². The second-order valence-corrected chi connectivity index (χ2v) is 7.30. The van der Waals surface area contributed by atoms with E-state index in [0.717, 1.165) is 49.9 Å². The van der Waals surface area contributed by atoms with Gasteiger partial charge < -0.3 is 5.32 Å². The van der Waals surface area contributed by atoms with Crippen LogP contribution in [0.1, 0.15) is 52.4 Å². The molecule has 0 saturated carbocycles. The number of hydrogen-bond donors (Lipinski definition) is 3. The lowest BCUT2D eigenvalue weighted by molar-refractivity contribution is -0.125. The molecule has 0 heterocycles. The largest absolute Gasteiger partial charge is 0.371 e. The van der Waals surface area contributed by atoms with Crippen LogP contribution in [0.25, 0.3) is 0 Å². The Morgan fingerprint density at radius 2 is 1.48 bits per heavy atom. The molecular formula is C22H30ClN3O. The zero-order valence-electron chi connectivity index (χ0n) is 16.2. The Hall–Kier alpha value is -2.20. The lowest BCUT2D eigenvalue weighted by Crippen LogP contribution is -2.54. The highest BCUT2D eigenvalue weighted by Gasteiger charge is 2.37. The summed E-state index contributed by atoms with van der Waals surface area (Å²) in [6, 6.07) is 17.2. The Morgan fingerprint density at radius 3 is 2.04 bits per heavy atom. The summed E-state index contributed by atoms with van der Waals surface area (Å²) in [7, 11) is 0. The Bertz CT molecular complexity index is 680. The van der Waals surface area contributed by atoms with E-state index in [4.69, 9.17) is 11.6 Å². The SMILES string of the molecule is CCCCC(CCCC)(Nc1ccc(Cl)cc1)C(=O)NNc1ccccc1. The van der Waals surface area contributed by atoms with Gasteiger partial charge in [-0.25, -0.2) is 0 Å². The molecule has 0 unspecified atom stereocenters. The average Bonchev–Trinajstić information content (AvgIpc) is 2.70. The van der Waals surface area contributed by atoms with Crippen molar-refractivity contribution in [1.29, 1.82) is 0 Å². The molecule has 0 aliphatic carbocycles. The van der Waals surface area contributed by atoms with E-state index in [2.05, 4.69) is 30.0 Å². The highest BCUT2D eigenvalue weighted by Crippen LogP contribution is 2.28. The van der Waals surface area contributed by atoms with Crippen LogP contribution in [0.4, 0.5) is 11.4 Å². The third-order valence-electron chi connectivity index (χ3n) is 4.67. The lowest BCUT2D eigenvalue weighted by atomic mass is 9.85. The van der Waals surface area contributed by atoms with Crippen molar-refractivity contribution in [3.63, 3.8) is 0 Å². The van der Waals surface area contributed by atoms with E-state index in [0.29, 0.717) is 5.02 Å². The number of hydrazine groups is 1. The fourth-order valence-corrected chi connectivity index (χ4v) is 3.20. The van der Waals surface area contributed by atoms with Gasteiger partial charge in [0.1, 0.15) is 5.54 Å². The molecule has 0 radical (unpaired) electrons. The third-order valence-corrected chi connectivity index (χ3v) is 4.92. The van der Waals surface area contributed by atoms with Gasteiger partial charge in [0.15, 0.2) is 0 Å². The number of unbranched alkanes of at least 4 members (excludes halogenated alkanes) is 2. The van der Waals surface area contributed by atoms with Crippen molar-refractivity contribution in [1.82, 2.24) is 5.43 Å². The van der Waals surface area contributed by atoms with Crippen LogP contribution in [-0.4, -0.2) is 11.4 Å². The van der Waals surface area contributed by atoms with E-state index in [1.807, 2.05) is 54.6 Å². The van der Waals surface area contributed by atoms with Gasteiger partial charge in [-0.1, -0.05) is 69.3 Å². The van der Waals surface area contributed by atoms with Gasteiger partial charge in [-0.15, -0.1) is 0 Å².